The maximum Gasteiger partial charge on any atom is 0.490 e. The fourth-order valence-corrected chi connectivity index (χ4v) is 4.79. The highest BCUT2D eigenvalue weighted by atomic mass is 19.4. The molecule has 2 saturated heterocycles. The number of para-hydroxylation sites is 1. The normalized spacial score (nSPS) is 19.7. The van der Waals surface area contributed by atoms with E-state index < -0.39 is 24.4 Å². The zero-order valence-corrected chi connectivity index (χ0v) is 21.6. The van der Waals surface area contributed by atoms with Crippen LogP contribution in [0.1, 0.15) is 12.5 Å². The number of nitrogens with two attached hydrogens (primary N) is 1. The average molecular weight is 574 g/mol. The number of nitrogen functional groups attached to an aromatic ring is 1. The molecule has 2 unspecified atom stereocenters. The first-order chi connectivity index (χ1) is 19.6. The molecule has 2 aliphatic heterocycles. The summed E-state index contributed by atoms with van der Waals surface area (Å²) < 4.78 is 54.8. The highest BCUT2D eigenvalue weighted by molar-refractivity contribution is 5.98. The predicted molar refractivity (Wildman–Crippen MR) is 142 cm³/mol. The van der Waals surface area contributed by atoms with Crippen molar-refractivity contribution in [2.24, 2.45) is 0 Å². The van der Waals surface area contributed by atoms with E-state index in [1.165, 1.54) is 6.33 Å². The third kappa shape index (κ3) is 6.23. The molecule has 0 spiro atoms. The second-order valence-corrected chi connectivity index (χ2v) is 9.67. The van der Waals surface area contributed by atoms with Crippen LogP contribution in [-0.2, 0) is 4.79 Å². The minimum atomic E-state index is -5.08. The maximum absolute atomic E-state index is 15.4. The van der Waals surface area contributed by atoms with Gasteiger partial charge in [-0.15, -0.1) is 0 Å². The Morgan fingerprint density at radius 2 is 1.71 bits per heavy atom. The van der Waals surface area contributed by atoms with E-state index in [2.05, 4.69) is 20.2 Å². The Kier molecular flexibility index (Phi) is 8.03. The van der Waals surface area contributed by atoms with Crippen molar-refractivity contribution in [2.75, 3.05) is 31.9 Å². The van der Waals surface area contributed by atoms with Crippen LogP contribution < -0.4 is 15.8 Å². The summed E-state index contributed by atoms with van der Waals surface area (Å²) in [4.78, 5) is 19.8. The van der Waals surface area contributed by atoms with Crippen molar-refractivity contribution >= 4 is 22.8 Å². The van der Waals surface area contributed by atoms with Gasteiger partial charge in [-0.25, -0.2) is 23.8 Å². The van der Waals surface area contributed by atoms with Crippen LogP contribution in [0, 0.1) is 0 Å². The van der Waals surface area contributed by atoms with Crippen molar-refractivity contribution in [3.63, 3.8) is 0 Å². The number of aromatic nitrogens is 4. The van der Waals surface area contributed by atoms with Gasteiger partial charge in [0, 0.05) is 37.8 Å². The summed E-state index contributed by atoms with van der Waals surface area (Å²) in [6, 6.07) is 17.3. The fraction of sp³-hybridized carbons (Fsp3) is 0.333. The Morgan fingerprint density at radius 3 is 2.29 bits per heavy atom. The van der Waals surface area contributed by atoms with Gasteiger partial charge in [0.2, 0.25) is 0 Å². The topological polar surface area (TPSA) is 131 Å². The number of carboxylic acids is 1. The minimum absolute atomic E-state index is 0.337. The number of aliphatic carboxylic acids is 1. The molecule has 4 N–H and O–H groups in total. The minimum Gasteiger partial charge on any atom is -0.475 e. The largest absolute Gasteiger partial charge is 0.490 e. The van der Waals surface area contributed by atoms with Gasteiger partial charge >= 0.3 is 12.1 Å². The van der Waals surface area contributed by atoms with Crippen molar-refractivity contribution < 1.29 is 32.2 Å². The zero-order chi connectivity index (χ0) is 29.1. The number of carboxylic acid groups (broad SMARTS) is 1. The second-order valence-electron chi connectivity index (χ2n) is 9.67. The van der Waals surface area contributed by atoms with Crippen molar-refractivity contribution in [3.8, 4) is 22.8 Å². The van der Waals surface area contributed by atoms with E-state index in [4.69, 9.17) is 25.5 Å². The number of likely N-dealkylation sites (tertiary alicyclic amines) is 1. The summed E-state index contributed by atoms with van der Waals surface area (Å²) in [6.45, 7) is 3.10. The van der Waals surface area contributed by atoms with Crippen LogP contribution in [0.25, 0.3) is 22.3 Å². The van der Waals surface area contributed by atoms with Gasteiger partial charge in [-0.3, -0.25) is 4.90 Å². The molecule has 216 valence electrons. The molecule has 0 aliphatic carbocycles. The van der Waals surface area contributed by atoms with E-state index in [0.717, 1.165) is 30.9 Å². The monoisotopic (exact) mass is 573 g/mol. The molecule has 2 fully saturated rings. The maximum atomic E-state index is 15.4. The van der Waals surface area contributed by atoms with Gasteiger partial charge in [0.05, 0.1) is 11.4 Å². The quantitative estimate of drug-likeness (QED) is 0.303. The molecule has 41 heavy (non-hydrogen) atoms. The molecule has 2 aromatic carbocycles. The summed E-state index contributed by atoms with van der Waals surface area (Å²) in [5.74, 6) is -0.943. The molecule has 0 saturated carbocycles. The number of halogens is 4. The van der Waals surface area contributed by atoms with Crippen LogP contribution in [0.3, 0.4) is 0 Å². The van der Waals surface area contributed by atoms with Gasteiger partial charge in [0.25, 0.3) is 0 Å². The molecular weight excluding hydrogens is 546 g/mol. The number of fused-ring (bicyclic) bond motifs is 1. The van der Waals surface area contributed by atoms with Crippen LogP contribution in [0.4, 0.5) is 23.4 Å². The van der Waals surface area contributed by atoms with E-state index in [1.54, 1.807) is 4.68 Å². The lowest BCUT2D eigenvalue weighted by Crippen LogP contribution is -2.60. The molecule has 0 bridgehead atoms. The predicted octanol–water partition coefficient (Wildman–Crippen LogP) is 4.06. The first kappa shape index (κ1) is 28.2. The molecule has 10 nitrogen and oxygen atoms in total. The SMILES string of the molecule is Nc1ncnc2c1c(-c1ccc(Oc3ccccc3)cc1)nn2C1CCN(C2CNC2)CC1F.O=C(O)C(F)(F)F. The number of rotatable bonds is 5. The summed E-state index contributed by atoms with van der Waals surface area (Å²) in [7, 11) is 0. The van der Waals surface area contributed by atoms with Gasteiger partial charge in [-0.1, -0.05) is 18.2 Å². The number of alkyl halides is 4. The average Bonchev–Trinajstić information content (AvgIpc) is 3.29. The highest BCUT2D eigenvalue weighted by Crippen LogP contribution is 2.36. The van der Waals surface area contributed by atoms with E-state index >= 15 is 4.39 Å². The van der Waals surface area contributed by atoms with Crippen molar-refractivity contribution in [2.45, 2.75) is 30.9 Å². The first-order valence-corrected chi connectivity index (χ1v) is 12.8. The van der Waals surface area contributed by atoms with Gasteiger partial charge in [0.15, 0.2) is 5.65 Å². The molecule has 2 atom stereocenters. The third-order valence-corrected chi connectivity index (χ3v) is 7.00. The Labute approximate surface area is 231 Å². The number of nitrogens with zero attached hydrogens (tertiary/aromatic N) is 5. The summed E-state index contributed by atoms with van der Waals surface area (Å²) >= 11 is 0. The fourth-order valence-electron chi connectivity index (χ4n) is 4.79. The number of carbonyl (C=O) groups is 1. The number of nitrogens with one attached hydrogen (secondary N) is 1. The lowest BCUT2D eigenvalue weighted by molar-refractivity contribution is -0.192. The Morgan fingerprint density at radius 1 is 1.05 bits per heavy atom. The number of hydrogen-bond donors (Lipinski definition) is 3. The van der Waals surface area contributed by atoms with Crippen LogP contribution in [0.5, 0.6) is 11.5 Å². The lowest BCUT2D eigenvalue weighted by Gasteiger charge is -2.43. The molecule has 6 rings (SSSR count). The number of piperidine rings is 1. The summed E-state index contributed by atoms with van der Waals surface area (Å²) in [5, 5.41) is 15.9. The van der Waals surface area contributed by atoms with Crippen LogP contribution in [-0.4, -0.2) is 80.3 Å². The number of ether oxygens (including phenoxy) is 1. The van der Waals surface area contributed by atoms with E-state index in [-0.39, 0.29) is 0 Å². The Bertz CT molecular complexity index is 1490. The van der Waals surface area contributed by atoms with Gasteiger partial charge in [0.1, 0.15) is 35.5 Å². The van der Waals surface area contributed by atoms with Crippen LogP contribution >= 0.6 is 0 Å². The molecule has 0 radical (unpaired) electrons. The number of anilines is 1. The van der Waals surface area contributed by atoms with Gasteiger partial charge in [-0.05, 0) is 42.8 Å². The molecule has 2 aliphatic rings. The third-order valence-electron chi connectivity index (χ3n) is 7.00. The van der Waals surface area contributed by atoms with E-state index in [9.17, 15) is 13.2 Å². The number of benzene rings is 2. The van der Waals surface area contributed by atoms with Crippen LogP contribution in [0.15, 0.2) is 60.9 Å². The Balaban J connectivity index is 0.000000431. The molecule has 0 amide bonds. The lowest BCUT2D eigenvalue weighted by atomic mass is 9.99. The Hall–Kier alpha value is -4.30. The summed E-state index contributed by atoms with van der Waals surface area (Å²) in [6.07, 6.45) is -4.04. The standard InChI is InChI=1S/C25H26FN7O.C2HF3O2/c26-20-14-32(17-12-28-13-17)11-10-21(20)33-25-22(24(27)29-15-30-25)23(31-33)16-6-8-19(9-7-16)34-18-4-2-1-3-5-18;3-2(4,5)1(6)7/h1-9,15,17,20-21,28H,10-14H2,(H2,27,29,30);(H,6,7). The molecule has 4 heterocycles. The van der Waals surface area contributed by atoms with Crippen molar-refractivity contribution in [1.82, 2.24) is 30.0 Å². The van der Waals surface area contributed by atoms with Crippen molar-refractivity contribution in [3.05, 3.63) is 60.9 Å². The van der Waals surface area contributed by atoms with E-state index in [0.29, 0.717) is 47.3 Å². The van der Waals surface area contributed by atoms with Crippen molar-refractivity contribution in [1.29, 1.82) is 0 Å². The highest BCUT2D eigenvalue weighted by Gasteiger charge is 2.38. The first-order valence-electron chi connectivity index (χ1n) is 12.8. The van der Waals surface area contributed by atoms with E-state index in [1.807, 2.05) is 54.6 Å². The van der Waals surface area contributed by atoms with Crippen LogP contribution in [0.2, 0.25) is 0 Å². The second kappa shape index (κ2) is 11.7. The summed E-state index contributed by atoms with van der Waals surface area (Å²) in [5.41, 5.74) is 8.32. The molecule has 4 aromatic rings. The molecular formula is C27H27F4N7O3. The number of hydrogen-bond acceptors (Lipinski definition) is 8. The smallest absolute Gasteiger partial charge is 0.475 e. The van der Waals surface area contributed by atoms with Gasteiger partial charge < -0.3 is 20.9 Å². The van der Waals surface area contributed by atoms with Gasteiger partial charge in [-0.2, -0.15) is 18.3 Å². The zero-order valence-electron chi connectivity index (χ0n) is 21.6. The molecule has 14 heteroatoms. The molecule has 2 aromatic heterocycles.